The Morgan fingerprint density at radius 2 is 1.68 bits per heavy atom. The molecule has 0 atom stereocenters. The minimum atomic E-state index is -3.53. The molecule has 0 radical (unpaired) electrons. The first-order valence-corrected chi connectivity index (χ1v) is 11.9. The molecule has 156 valence electrons. The molecule has 6 nitrogen and oxygen atoms in total. The lowest BCUT2D eigenvalue weighted by Crippen LogP contribution is -2.50. The number of hydrogen-bond acceptors (Lipinski definition) is 4. The second-order valence-corrected chi connectivity index (χ2v) is 9.79. The van der Waals surface area contributed by atoms with E-state index in [0.29, 0.717) is 38.3 Å². The third-order valence-electron chi connectivity index (χ3n) is 6.02. The first kappa shape index (κ1) is 21.1. The van der Waals surface area contributed by atoms with E-state index < -0.39 is 10.0 Å². The normalized spacial score (nSPS) is 19.5. The van der Waals surface area contributed by atoms with Crippen LogP contribution in [0.25, 0.3) is 0 Å². The second-order valence-electron chi connectivity index (χ2n) is 7.86. The Hall–Kier alpha value is -1.60. The van der Waals surface area contributed by atoms with Gasteiger partial charge in [0.05, 0.1) is 12.0 Å². The van der Waals surface area contributed by atoms with Crippen molar-refractivity contribution in [2.24, 2.45) is 5.92 Å². The van der Waals surface area contributed by atoms with Gasteiger partial charge in [0.25, 0.3) is 0 Å². The zero-order chi connectivity index (χ0) is 20.0. The highest BCUT2D eigenvalue weighted by Gasteiger charge is 2.30. The van der Waals surface area contributed by atoms with Crippen LogP contribution in [-0.4, -0.2) is 56.8 Å². The Balaban J connectivity index is 1.45. The lowest BCUT2D eigenvalue weighted by Gasteiger charge is -2.34. The van der Waals surface area contributed by atoms with Gasteiger partial charge in [0.15, 0.2) is 0 Å². The van der Waals surface area contributed by atoms with E-state index in [1.165, 1.54) is 36.4 Å². The molecule has 0 bridgehead atoms. The Bertz CT molecular complexity index is 734. The SMILES string of the molecule is COc1ccc(S(=O)(=O)N2CCN(C(=O)CCCC3CCCCC3)CC2)cc1. The fraction of sp³-hybridized carbons (Fsp3) is 0.667. The van der Waals surface area contributed by atoms with Crippen molar-refractivity contribution >= 4 is 15.9 Å². The van der Waals surface area contributed by atoms with Gasteiger partial charge in [-0.05, 0) is 43.0 Å². The summed E-state index contributed by atoms with van der Waals surface area (Å²) in [6, 6.07) is 6.44. The minimum Gasteiger partial charge on any atom is -0.497 e. The highest BCUT2D eigenvalue weighted by Crippen LogP contribution is 2.28. The molecule has 0 aromatic heterocycles. The number of carbonyl (C=O) groups excluding carboxylic acids is 1. The topological polar surface area (TPSA) is 66.9 Å². The van der Waals surface area contributed by atoms with Crippen molar-refractivity contribution in [3.8, 4) is 5.75 Å². The number of nitrogens with zero attached hydrogens (tertiary/aromatic N) is 2. The maximum atomic E-state index is 12.8. The zero-order valence-electron chi connectivity index (χ0n) is 16.8. The summed E-state index contributed by atoms with van der Waals surface area (Å²) in [5, 5.41) is 0. The lowest BCUT2D eigenvalue weighted by molar-refractivity contribution is -0.132. The summed E-state index contributed by atoms with van der Waals surface area (Å²) in [7, 11) is -1.98. The smallest absolute Gasteiger partial charge is 0.243 e. The van der Waals surface area contributed by atoms with Crippen LogP contribution in [0.4, 0.5) is 0 Å². The number of rotatable bonds is 7. The Morgan fingerprint density at radius 1 is 1.04 bits per heavy atom. The average Bonchev–Trinajstić information content (AvgIpc) is 2.74. The van der Waals surface area contributed by atoms with Crippen LogP contribution in [0.1, 0.15) is 51.4 Å². The van der Waals surface area contributed by atoms with Crippen LogP contribution in [0.2, 0.25) is 0 Å². The average molecular weight is 409 g/mol. The molecule has 28 heavy (non-hydrogen) atoms. The third-order valence-corrected chi connectivity index (χ3v) is 7.93. The van der Waals surface area contributed by atoms with Crippen molar-refractivity contribution in [1.29, 1.82) is 0 Å². The van der Waals surface area contributed by atoms with Crippen molar-refractivity contribution in [3.05, 3.63) is 24.3 Å². The Morgan fingerprint density at radius 3 is 2.29 bits per heavy atom. The van der Waals surface area contributed by atoms with Gasteiger partial charge in [-0.1, -0.05) is 32.1 Å². The molecule has 3 rings (SSSR count). The number of benzene rings is 1. The summed E-state index contributed by atoms with van der Waals surface area (Å²) < 4.78 is 32.1. The van der Waals surface area contributed by atoms with Crippen LogP contribution in [0.5, 0.6) is 5.75 Å². The first-order valence-electron chi connectivity index (χ1n) is 10.4. The van der Waals surface area contributed by atoms with Crippen molar-refractivity contribution in [1.82, 2.24) is 9.21 Å². The van der Waals surface area contributed by atoms with Crippen LogP contribution in [-0.2, 0) is 14.8 Å². The Kier molecular flexibility index (Phi) is 7.35. The molecule has 1 amide bonds. The van der Waals surface area contributed by atoms with Gasteiger partial charge in [0, 0.05) is 32.6 Å². The van der Waals surface area contributed by atoms with Gasteiger partial charge in [0.2, 0.25) is 15.9 Å². The summed E-state index contributed by atoms with van der Waals surface area (Å²) in [4.78, 5) is 14.6. The molecule has 1 heterocycles. The lowest BCUT2D eigenvalue weighted by atomic mass is 9.86. The van der Waals surface area contributed by atoms with Crippen LogP contribution >= 0.6 is 0 Å². The van der Waals surface area contributed by atoms with Crippen molar-refractivity contribution in [3.63, 3.8) is 0 Å². The fourth-order valence-corrected chi connectivity index (χ4v) is 5.67. The van der Waals surface area contributed by atoms with Gasteiger partial charge >= 0.3 is 0 Å². The molecule has 1 saturated carbocycles. The number of hydrogen-bond donors (Lipinski definition) is 0. The molecular formula is C21H32N2O4S. The van der Waals surface area contributed by atoms with Crippen LogP contribution < -0.4 is 4.74 Å². The van der Waals surface area contributed by atoms with Crippen molar-refractivity contribution < 1.29 is 17.9 Å². The standard InChI is InChI=1S/C21H32N2O4S/c1-27-19-10-12-20(13-11-19)28(25,26)23-16-14-22(15-17-23)21(24)9-5-8-18-6-3-2-4-7-18/h10-13,18H,2-9,14-17H2,1H3. The summed E-state index contributed by atoms with van der Waals surface area (Å²) in [5.41, 5.74) is 0. The summed E-state index contributed by atoms with van der Waals surface area (Å²) in [6.45, 7) is 1.64. The predicted molar refractivity (Wildman–Crippen MR) is 109 cm³/mol. The van der Waals surface area contributed by atoms with Crippen molar-refractivity contribution in [2.45, 2.75) is 56.3 Å². The van der Waals surface area contributed by atoms with Gasteiger partial charge in [-0.25, -0.2) is 8.42 Å². The van der Waals surface area contributed by atoms with Crippen molar-refractivity contribution in [2.75, 3.05) is 33.3 Å². The molecule has 1 aromatic rings. The maximum absolute atomic E-state index is 12.8. The van der Waals surface area contributed by atoms with Gasteiger partial charge in [-0.3, -0.25) is 4.79 Å². The quantitative estimate of drug-likeness (QED) is 0.694. The summed E-state index contributed by atoms with van der Waals surface area (Å²) in [5.74, 6) is 1.59. The molecule has 0 spiro atoms. The monoisotopic (exact) mass is 408 g/mol. The number of piperazine rings is 1. The first-order chi connectivity index (χ1) is 13.5. The molecular weight excluding hydrogens is 376 g/mol. The molecule has 1 aliphatic heterocycles. The fourth-order valence-electron chi connectivity index (χ4n) is 4.25. The predicted octanol–water partition coefficient (Wildman–Crippen LogP) is 3.28. The molecule has 7 heteroatoms. The van der Waals surface area contributed by atoms with E-state index in [1.807, 2.05) is 4.90 Å². The van der Waals surface area contributed by atoms with Gasteiger partial charge in [0.1, 0.15) is 5.75 Å². The number of carbonyl (C=O) groups is 1. The van der Waals surface area contributed by atoms with Crippen LogP contribution in [0.15, 0.2) is 29.2 Å². The van der Waals surface area contributed by atoms with E-state index in [4.69, 9.17) is 4.74 Å². The number of amides is 1. The maximum Gasteiger partial charge on any atom is 0.243 e. The second kappa shape index (κ2) is 9.74. The largest absolute Gasteiger partial charge is 0.497 e. The van der Waals surface area contributed by atoms with E-state index >= 15 is 0 Å². The molecule has 0 N–H and O–H groups in total. The number of methoxy groups -OCH3 is 1. The molecule has 1 saturated heterocycles. The number of ether oxygens (including phenoxy) is 1. The summed E-state index contributed by atoms with van der Waals surface area (Å²) in [6.07, 6.45) is 9.35. The van der Waals surface area contributed by atoms with Crippen LogP contribution in [0, 0.1) is 5.92 Å². The van der Waals surface area contributed by atoms with Gasteiger partial charge in [-0.15, -0.1) is 0 Å². The van der Waals surface area contributed by atoms with E-state index in [9.17, 15) is 13.2 Å². The van der Waals surface area contributed by atoms with E-state index in [2.05, 4.69) is 0 Å². The van der Waals surface area contributed by atoms with E-state index in [0.717, 1.165) is 18.8 Å². The Labute approximate surface area is 168 Å². The molecule has 2 fully saturated rings. The third kappa shape index (κ3) is 5.26. The molecule has 1 aliphatic carbocycles. The highest BCUT2D eigenvalue weighted by atomic mass is 32.2. The van der Waals surface area contributed by atoms with E-state index in [1.54, 1.807) is 31.4 Å². The highest BCUT2D eigenvalue weighted by molar-refractivity contribution is 7.89. The summed E-state index contributed by atoms with van der Waals surface area (Å²) >= 11 is 0. The zero-order valence-corrected chi connectivity index (χ0v) is 17.6. The molecule has 0 unspecified atom stereocenters. The minimum absolute atomic E-state index is 0.164. The van der Waals surface area contributed by atoms with Gasteiger partial charge in [-0.2, -0.15) is 4.31 Å². The van der Waals surface area contributed by atoms with Gasteiger partial charge < -0.3 is 9.64 Å². The number of sulfonamides is 1. The molecule has 2 aliphatic rings. The van der Waals surface area contributed by atoms with Crippen LogP contribution in [0.3, 0.4) is 0 Å². The molecule has 1 aromatic carbocycles. The van der Waals surface area contributed by atoms with E-state index in [-0.39, 0.29) is 10.8 Å².